The monoisotopic (exact) mass is 496 g/mol. The van der Waals surface area contributed by atoms with Crippen LogP contribution in [0.1, 0.15) is 56.6 Å². The fourth-order valence-corrected chi connectivity index (χ4v) is 4.39. The standard InChI is InChI=1S/C28H37FN4O3/c1-5-25(34)31-27(28(36)33-15-13-32(4)14-16-33)20(3)22-11-12-24(23(29)18-22)30-26(35)17-19(2)21-9-7-6-8-10-21/h6-12,18-20,27H,5,13-17H2,1-4H3,(H,30,35)(H,31,34)/t19?,20-,27+/m0/s1. The lowest BCUT2D eigenvalue weighted by Gasteiger charge is -2.36. The Balaban J connectivity index is 1.70. The predicted octanol–water partition coefficient (Wildman–Crippen LogP) is 3.73. The van der Waals surface area contributed by atoms with Crippen LogP contribution in [0.15, 0.2) is 48.5 Å². The van der Waals surface area contributed by atoms with Gasteiger partial charge in [-0.1, -0.05) is 57.2 Å². The van der Waals surface area contributed by atoms with Gasteiger partial charge in [0.1, 0.15) is 11.9 Å². The number of rotatable bonds is 9. The van der Waals surface area contributed by atoms with Crippen LogP contribution in [0.3, 0.4) is 0 Å². The third kappa shape index (κ3) is 7.13. The molecule has 1 fully saturated rings. The van der Waals surface area contributed by atoms with Crippen molar-refractivity contribution < 1.29 is 18.8 Å². The first kappa shape index (κ1) is 27.3. The van der Waals surface area contributed by atoms with Gasteiger partial charge in [0.05, 0.1) is 5.69 Å². The van der Waals surface area contributed by atoms with Crippen molar-refractivity contribution in [3.8, 4) is 0 Å². The second-order valence-corrected chi connectivity index (χ2v) is 9.62. The molecule has 1 unspecified atom stereocenters. The van der Waals surface area contributed by atoms with Gasteiger partial charge in [-0.25, -0.2) is 4.39 Å². The average Bonchev–Trinajstić information content (AvgIpc) is 2.88. The van der Waals surface area contributed by atoms with E-state index in [1.807, 2.05) is 51.2 Å². The lowest BCUT2D eigenvalue weighted by Crippen LogP contribution is -2.55. The van der Waals surface area contributed by atoms with E-state index in [0.717, 1.165) is 18.7 Å². The number of nitrogens with one attached hydrogen (secondary N) is 2. The number of hydrogen-bond donors (Lipinski definition) is 2. The number of piperazine rings is 1. The Kier molecular flexibility index (Phi) is 9.58. The highest BCUT2D eigenvalue weighted by Gasteiger charge is 2.33. The molecular weight excluding hydrogens is 459 g/mol. The smallest absolute Gasteiger partial charge is 0.245 e. The zero-order chi connectivity index (χ0) is 26.2. The van der Waals surface area contributed by atoms with Crippen LogP contribution in [0.2, 0.25) is 0 Å². The summed E-state index contributed by atoms with van der Waals surface area (Å²) >= 11 is 0. The lowest BCUT2D eigenvalue weighted by atomic mass is 9.91. The number of anilines is 1. The Morgan fingerprint density at radius 1 is 0.944 bits per heavy atom. The molecule has 0 aliphatic carbocycles. The molecule has 0 aromatic heterocycles. The van der Waals surface area contributed by atoms with Crippen molar-refractivity contribution in [2.45, 2.75) is 51.5 Å². The fourth-order valence-electron chi connectivity index (χ4n) is 4.39. The minimum Gasteiger partial charge on any atom is -0.344 e. The van der Waals surface area contributed by atoms with Gasteiger partial charge in [0.25, 0.3) is 0 Å². The second-order valence-electron chi connectivity index (χ2n) is 9.62. The molecule has 3 amide bonds. The third-order valence-electron chi connectivity index (χ3n) is 6.87. The van der Waals surface area contributed by atoms with E-state index in [4.69, 9.17) is 0 Å². The van der Waals surface area contributed by atoms with Crippen LogP contribution in [0.5, 0.6) is 0 Å². The second kappa shape index (κ2) is 12.6. The summed E-state index contributed by atoms with van der Waals surface area (Å²) in [6, 6.07) is 13.5. The number of carbonyl (C=O) groups excluding carboxylic acids is 3. The Morgan fingerprint density at radius 3 is 2.22 bits per heavy atom. The first-order valence-electron chi connectivity index (χ1n) is 12.6. The number of benzene rings is 2. The molecule has 7 nitrogen and oxygen atoms in total. The van der Waals surface area contributed by atoms with Gasteiger partial charge in [-0.15, -0.1) is 0 Å². The van der Waals surface area contributed by atoms with Gasteiger partial charge in [0.15, 0.2) is 0 Å². The summed E-state index contributed by atoms with van der Waals surface area (Å²) in [5, 5.41) is 5.50. The summed E-state index contributed by atoms with van der Waals surface area (Å²) in [5.41, 5.74) is 1.71. The molecule has 2 aromatic rings. The number of hydrogen-bond acceptors (Lipinski definition) is 4. The molecule has 2 N–H and O–H groups in total. The molecule has 2 aromatic carbocycles. The quantitative estimate of drug-likeness (QED) is 0.554. The first-order valence-corrected chi connectivity index (χ1v) is 12.6. The summed E-state index contributed by atoms with van der Waals surface area (Å²) in [6.07, 6.45) is 0.478. The van der Waals surface area contributed by atoms with Crippen LogP contribution in [0.4, 0.5) is 10.1 Å². The average molecular weight is 497 g/mol. The molecule has 36 heavy (non-hydrogen) atoms. The van der Waals surface area contributed by atoms with Crippen molar-refractivity contribution in [1.82, 2.24) is 15.1 Å². The number of nitrogens with zero attached hydrogens (tertiary/aromatic N) is 2. The molecular formula is C28H37FN4O3. The van der Waals surface area contributed by atoms with E-state index in [2.05, 4.69) is 15.5 Å². The molecule has 3 atom stereocenters. The lowest BCUT2D eigenvalue weighted by molar-refractivity contribution is -0.138. The molecule has 1 aliphatic rings. The highest BCUT2D eigenvalue weighted by molar-refractivity contribution is 5.91. The van der Waals surface area contributed by atoms with Crippen LogP contribution in [-0.2, 0) is 14.4 Å². The summed E-state index contributed by atoms with van der Waals surface area (Å²) < 4.78 is 15.0. The number of halogens is 1. The maximum Gasteiger partial charge on any atom is 0.245 e. The number of amides is 3. The van der Waals surface area contributed by atoms with E-state index in [-0.39, 0.29) is 42.2 Å². The summed E-state index contributed by atoms with van der Waals surface area (Å²) in [7, 11) is 2.01. The van der Waals surface area contributed by atoms with Gasteiger partial charge >= 0.3 is 0 Å². The topological polar surface area (TPSA) is 81.8 Å². The van der Waals surface area contributed by atoms with Crippen molar-refractivity contribution in [1.29, 1.82) is 0 Å². The van der Waals surface area contributed by atoms with Gasteiger partial charge in [0.2, 0.25) is 17.7 Å². The van der Waals surface area contributed by atoms with Crippen LogP contribution in [0, 0.1) is 5.82 Å². The Hall–Kier alpha value is -3.26. The van der Waals surface area contributed by atoms with E-state index >= 15 is 4.39 Å². The molecule has 0 spiro atoms. The molecule has 0 saturated carbocycles. The minimum atomic E-state index is -0.799. The maximum atomic E-state index is 15.0. The van der Waals surface area contributed by atoms with Crippen molar-refractivity contribution in [2.75, 3.05) is 38.5 Å². The summed E-state index contributed by atoms with van der Waals surface area (Å²) in [6.45, 7) is 8.19. The van der Waals surface area contributed by atoms with Crippen LogP contribution in [-0.4, -0.2) is 66.8 Å². The van der Waals surface area contributed by atoms with Gasteiger partial charge in [0, 0.05) is 44.9 Å². The maximum absolute atomic E-state index is 15.0. The Morgan fingerprint density at radius 2 is 1.61 bits per heavy atom. The number of likely N-dealkylation sites (N-methyl/N-ethyl adjacent to an activating group) is 1. The Bertz CT molecular complexity index is 1050. The largest absolute Gasteiger partial charge is 0.344 e. The van der Waals surface area contributed by atoms with E-state index < -0.39 is 17.8 Å². The highest BCUT2D eigenvalue weighted by atomic mass is 19.1. The summed E-state index contributed by atoms with van der Waals surface area (Å²) in [5.74, 6) is -1.70. The summed E-state index contributed by atoms with van der Waals surface area (Å²) in [4.78, 5) is 42.0. The zero-order valence-electron chi connectivity index (χ0n) is 21.6. The molecule has 0 bridgehead atoms. The van der Waals surface area contributed by atoms with Gasteiger partial charge in [-0.05, 0) is 36.2 Å². The van der Waals surface area contributed by atoms with Crippen molar-refractivity contribution in [2.24, 2.45) is 0 Å². The van der Waals surface area contributed by atoms with Gasteiger partial charge in [-0.2, -0.15) is 0 Å². The Labute approximate surface area is 213 Å². The highest BCUT2D eigenvalue weighted by Crippen LogP contribution is 2.26. The predicted molar refractivity (Wildman–Crippen MR) is 139 cm³/mol. The molecule has 8 heteroatoms. The van der Waals surface area contributed by atoms with Crippen LogP contribution >= 0.6 is 0 Å². The third-order valence-corrected chi connectivity index (χ3v) is 6.87. The molecule has 1 aliphatic heterocycles. The van der Waals surface area contributed by atoms with E-state index in [1.165, 1.54) is 12.1 Å². The van der Waals surface area contributed by atoms with Gasteiger partial charge in [-0.3, -0.25) is 14.4 Å². The van der Waals surface area contributed by atoms with E-state index in [9.17, 15) is 14.4 Å². The van der Waals surface area contributed by atoms with Crippen LogP contribution < -0.4 is 10.6 Å². The molecule has 0 radical (unpaired) electrons. The van der Waals surface area contributed by atoms with Crippen molar-refractivity contribution in [3.05, 3.63) is 65.5 Å². The van der Waals surface area contributed by atoms with Gasteiger partial charge < -0.3 is 20.4 Å². The molecule has 3 rings (SSSR count). The molecule has 1 heterocycles. The van der Waals surface area contributed by atoms with E-state index in [0.29, 0.717) is 18.7 Å². The van der Waals surface area contributed by atoms with Crippen molar-refractivity contribution >= 4 is 23.4 Å². The zero-order valence-corrected chi connectivity index (χ0v) is 21.6. The van der Waals surface area contributed by atoms with E-state index in [1.54, 1.807) is 17.9 Å². The van der Waals surface area contributed by atoms with Crippen molar-refractivity contribution in [3.63, 3.8) is 0 Å². The normalized spacial score (nSPS) is 16.6. The first-order chi connectivity index (χ1) is 17.2. The SMILES string of the molecule is CCC(=O)N[C@@H](C(=O)N1CCN(C)CC1)[C@@H](C)c1ccc(NC(=O)CC(C)c2ccccc2)c(F)c1. The number of carbonyl (C=O) groups is 3. The molecule has 1 saturated heterocycles. The fraction of sp³-hybridized carbons (Fsp3) is 0.464. The minimum absolute atomic E-state index is 0.00270. The molecule has 194 valence electrons. The van der Waals surface area contributed by atoms with Crippen LogP contribution in [0.25, 0.3) is 0 Å².